The van der Waals surface area contributed by atoms with Crippen LogP contribution in [0.1, 0.15) is 29.8 Å². The summed E-state index contributed by atoms with van der Waals surface area (Å²) in [5, 5.41) is 3.14. The number of carbonyl (C=O) groups excluding carboxylic acids is 1. The molecule has 0 amide bonds. The highest BCUT2D eigenvalue weighted by atomic mass is 16.1. The number of hydrogen-bond donors (Lipinski definition) is 0. The van der Waals surface area contributed by atoms with E-state index in [9.17, 15) is 4.79 Å². The molecule has 0 radical (unpaired) electrons. The first-order valence-electron chi connectivity index (χ1n) is 8.75. The summed E-state index contributed by atoms with van der Waals surface area (Å²) in [5.41, 5.74) is 2.68. The molecule has 0 bridgehead atoms. The maximum absolute atomic E-state index is 13.4. The molecule has 1 aromatic heterocycles. The van der Waals surface area contributed by atoms with Crippen molar-refractivity contribution in [3.05, 3.63) is 84.1 Å². The quantitative estimate of drug-likeness (QED) is 0.442. The molecule has 0 N–H and O–H groups in total. The maximum atomic E-state index is 13.4. The largest absolute Gasteiger partial charge is 0.346 e. The summed E-state index contributed by atoms with van der Waals surface area (Å²) >= 11 is 0. The molecule has 0 aliphatic heterocycles. The van der Waals surface area contributed by atoms with Gasteiger partial charge in [0, 0.05) is 34.8 Å². The number of fused-ring (bicyclic) bond motifs is 2. The Bertz CT molecular complexity index is 1070. The molecule has 0 unspecified atom stereocenters. The second-order valence-corrected chi connectivity index (χ2v) is 6.96. The fourth-order valence-corrected chi connectivity index (χ4v) is 3.54. The lowest BCUT2D eigenvalue weighted by atomic mass is 9.97. The van der Waals surface area contributed by atoms with Crippen LogP contribution in [0.15, 0.2) is 72.9 Å². The van der Waals surface area contributed by atoms with Crippen LogP contribution in [0.4, 0.5) is 0 Å². The average molecular weight is 327 g/mol. The van der Waals surface area contributed by atoms with E-state index in [2.05, 4.69) is 24.5 Å². The summed E-state index contributed by atoms with van der Waals surface area (Å²) in [6, 6.07) is 22.2. The van der Waals surface area contributed by atoms with Gasteiger partial charge < -0.3 is 4.57 Å². The molecular formula is C23H21NO. The molecule has 25 heavy (non-hydrogen) atoms. The van der Waals surface area contributed by atoms with Crippen molar-refractivity contribution in [2.75, 3.05) is 0 Å². The topological polar surface area (TPSA) is 22.0 Å². The van der Waals surface area contributed by atoms with Crippen LogP contribution in [-0.4, -0.2) is 10.4 Å². The number of aromatic nitrogens is 1. The number of carbonyl (C=O) groups is 1. The highest BCUT2D eigenvalue weighted by Gasteiger charge is 2.18. The first kappa shape index (κ1) is 15.6. The number of nitrogens with zero attached hydrogens (tertiary/aromatic N) is 1. The predicted octanol–water partition coefficient (Wildman–Crippen LogP) is 5.68. The van der Waals surface area contributed by atoms with E-state index in [1.165, 1.54) is 0 Å². The highest BCUT2D eigenvalue weighted by Crippen LogP contribution is 2.27. The third-order valence-corrected chi connectivity index (χ3v) is 4.63. The molecule has 3 aromatic carbocycles. The van der Waals surface area contributed by atoms with Gasteiger partial charge in [-0.15, -0.1) is 0 Å². The third-order valence-electron chi connectivity index (χ3n) is 4.63. The lowest BCUT2D eigenvalue weighted by Gasteiger charge is -2.07. The zero-order chi connectivity index (χ0) is 17.4. The van der Waals surface area contributed by atoms with E-state index in [4.69, 9.17) is 0 Å². The van der Waals surface area contributed by atoms with Crippen LogP contribution in [0, 0.1) is 5.92 Å². The Labute approximate surface area is 147 Å². The fourth-order valence-electron chi connectivity index (χ4n) is 3.54. The predicted molar refractivity (Wildman–Crippen MR) is 104 cm³/mol. The van der Waals surface area contributed by atoms with Gasteiger partial charge in [0.1, 0.15) is 0 Å². The van der Waals surface area contributed by atoms with Crippen LogP contribution in [0.3, 0.4) is 0 Å². The smallest absolute Gasteiger partial charge is 0.195 e. The van der Waals surface area contributed by atoms with Crippen LogP contribution in [0.25, 0.3) is 21.7 Å². The number of para-hydroxylation sites is 1. The van der Waals surface area contributed by atoms with Gasteiger partial charge in [-0.1, -0.05) is 74.5 Å². The molecule has 2 nitrogen and oxygen atoms in total. The zero-order valence-electron chi connectivity index (χ0n) is 14.6. The molecule has 124 valence electrons. The summed E-state index contributed by atoms with van der Waals surface area (Å²) in [6.07, 6.45) is 2.02. The molecule has 0 saturated carbocycles. The van der Waals surface area contributed by atoms with E-state index < -0.39 is 0 Å². The van der Waals surface area contributed by atoms with Gasteiger partial charge in [0.2, 0.25) is 0 Å². The summed E-state index contributed by atoms with van der Waals surface area (Å²) in [5.74, 6) is 0.617. The van der Waals surface area contributed by atoms with Gasteiger partial charge in [-0.25, -0.2) is 0 Å². The average Bonchev–Trinajstić information content (AvgIpc) is 2.99. The molecule has 0 saturated heterocycles. The standard InChI is InChI=1S/C23H21NO/c1-16(2)14-24-15-21(19-11-5-6-13-22(19)24)23(25)20-12-7-9-17-8-3-4-10-18(17)20/h3-13,15-16H,14H2,1-2H3. The lowest BCUT2D eigenvalue weighted by Crippen LogP contribution is -2.04. The van der Waals surface area contributed by atoms with Gasteiger partial charge in [0.15, 0.2) is 5.78 Å². The normalized spacial score (nSPS) is 11.5. The molecule has 2 heteroatoms. The molecule has 0 atom stereocenters. The van der Waals surface area contributed by atoms with Crippen molar-refractivity contribution in [1.29, 1.82) is 0 Å². The van der Waals surface area contributed by atoms with E-state index in [0.717, 1.165) is 39.3 Å². The number of rotatable bonds is 4. The maximum Gasteiger partial charge on any atom is 0.195 e. The number of ketones is 1. The second-order valence-electron chi connectivity index (χ2n) is 6.96. The van der Waals surface area contributed by atoms with Crippen molar-refractivity contribution in [2.24, 2.45) is 5.92 Å². The van der Waals surface area contributed by atoms with Gasteiger partial charge in [0.05, 0.1) is 0 Å². The van der Waals surface area contributed by atoms with Gasteiger partial charge in [-0.05, 0) is 22.8 Å². The molecule has 0 spiro atoms. The van der Waals surface area contributed by atoms with Crippen LogP contribution < -0.4 is 0 Å². The molecule has 4 aromatic rings. The minimum absolute atomic E-state index is 0.0931. The van der Waals surface area contributed by atoms with E-state index in [0.29, 0.717) is 5.92 Å². The molecule has 4 rings (SSSR count). The molecule has 0 fully saturated rings. The SMILES string of the molecule is CC(C)Cn1cc(C(=O)c2cccc3ccccc23)c2ccccc21. The van der Waals surface area contributed by atoms with Crippen LogP contribution in [0.5, 0.6) is 0 Å². The third kappa shape index (κ3) is 2.74. The Morgan fingerprint density at radius 1 is 0.840 bits per heavy atom. The first-order valence-corrected chi connectivity index (χ1v) is 8.75. The zero-order valence-corrected chi connectivity index (χ0v) is 14.6. The van der Waals surface area contributed by atoms with Gasteiger partial charge in [0.25, 0.3) is 0 Å². The first-order chi connectivity index (χ1) is 12.1. The fraction of sp³-hybridized carbons (Fsp3) is 0.174. The van der Waals surface area contributed by atoms with E-state index in [1.54, 1.807) is 0 Å². The molecule has 1 heterocycles. The van der Waals surface area contributed by atoms with E-state index in [1.807, 2.05) is 66.9 Å². The van der Waals surface area contributed by atoms with Gasteiger partial charge >= 0.3 is 0 Å². The molecule has 0 aliphatic rings. The summed E-state index contributed by atoms with van der Waals surface area (Å²) in [6.45, 7) is 5.30. The van der Waals surface area contributed by atoms with Crippen molar-refractivity contribution >= 4 is 27.5 Å². The van der Waals surface area contributed by atoms with E-state index >= 15 is 0 Å². The Morgan fingerprint density at radius 3 is 2.32 bits per heavy atom. The minimum Gasteiger partial charge on any atom is -0.346 e. The van der Waals surface area contributed by atoms with Crippen LogP contribution >= 0.6 is 0 Å². The monoisotopic (exact) mass is 327 g/mol. The Hall–Kier alpha value is -2.87. The second kappa shape index (κ2) is 6.21. The van der Waals surface area contributed by atoms with Crippen LogP contribution in [0.2, 0.25) is 0 Å². The van der Waals surface area contributed by atoms with Crippen molar-refractivity contribution in [3.63, 3.8) is 0 Å². The Kier molecular flexibility index (Phi) is 3.89. The minimum atomic E-state index is 0.0931. The lowest BCUT2D eigenvalue weighted by molar-refractivity contribution is 0.104. The Morgan fingerprint density at radius 2 is 1.52 bits per heavy atom. The van der Waals surface area contributed by atoms with Gasteiger partial charge in [-0.2, -0.15) is 0 Å². The van der Waals surface area contributed by atoms with Gasteiger partial charge in [-0.3, -0.25) is 4.79 Å². The van der Waals surface area contributed by atoms with Crippen molar-refractivity contribution < 1.29 is 4.79 Å². The summed E-state index contributed by atoms with van der Waals surface area (Å²) in [4.78, 5) is 13.4. The van der Waals surface area contributed by atoms with E-state index in [-0.39, 0.29) is 5.78 Å². The highest BCUT2D eigenvalue weighted by molar-refractivity contribution is 6.21. The summed E-state index contributed by atoms with van der Waals surface area (Å²) < 4.78 is 2.21. The summed E-state index contributed by atoms with van der Waals surface area (Å²) in [7, 11) is 0. The number of hydrogen-bond acceptors (Lipinski definition) is 1. The van der Waals surface area contributed by atoms with Crippen molar-refractivity contribution in [1.82, 2.24) is 4.57 Å². The van der Waals surface area contributed by atoms with Crippen molar-refractivity contribution in [3.8, 4) is 0 Å². The van der Waals surface area contributed by atoms with Crippen molar-refractivity contribution in [2.45, 2.75) is 20.4 Å². The number of benzene rings is 3. The molecular weight excluding hydrogens is 306 g/mol. The van der Waals surface area contributed by atoms with Crippen LogP contribution in [-0.2, 0) is 6.54 Å². The molecule has 0 aliphatic carbocycles. The Balaban J connectivity index is 1.90.